The molecular weight excluding hydrogens is 324 g/mol. The Morgan fingerprint density at radius 2 is 1.86 bits per heavy atom. The first-order chi connectivity index (χ1) is 9.97. The Bertz CT molecular complexity index is 449. The van der Waals surface area contributed by atoms with Gasteiger partial charge in [0.15, 0.2) is 0 Å². The van der Waals surface area contributed by atoms with Crippen molar-refractivity contribution in [3.63, 3.8) is 0 Å². The molecule has 1 N–H and O–H groups in total. The van der Waals surface area contributed by atoms with Crippen molar-refractivity contribution in [2.24, 2.45) is 11.8 Å². The number of hydrogen-bond donors (Lipinski definition) is 1. The molecule has 0 amide bonds. The summed E-state index contributed by atoms with van der Waals surface area (Å²) >= 11 is 3.76. The predicted molar refractivity (Wildman–Crippen MR) is 95.9 cm³/mol. The molecule has 118 valence electrons. The van der Waals surface area contributed by atoms with E-state index in [4.69, 9.17) is 0 Å². The van der Waals surface area contributed by atoms with Crippen molar-refractivity contribution in [2.45, 2.75) is 53.1 Å². The maximum absolute atomic E-state index is 3.76. The van der Waals surface area contributed by atoms with Gasteiger partial charge in [-0.15, -0.1) is 0 Å². The highest BCUT2D eigenvalue weighted by molar-refractivity contribution is 9.10. The van der Waals surface area contributed by atoms with Gasteiger partial charge in [-0.2, -0.15) is 0 Å². The van der Waals surface area contributed by atoms with Gasteiger partial charge in [0.25, 0.3) is 0 Å². The molecule has 0 atom stereocenters. The number of benzene rings is 1. The van der Waals surface area contributed by atoms with Gasteiger partial charge in [-0.1, -0.05) is 33.8 Å². The molecule has 0 aromatic heterocycles. The number of nitrogens with one attached hydrogen (secondary N) is 1. The van der Waals surface area contributed by atoms with Crippen molar-refractivity contribution in [2.75, 3.05) is 18.0 Å². The molecule has 1 aliphatic rings. The van der Waals surface area contributed by atoms with Crippen molar-refractivity contribution in [3.8, 4) is 0 Å². The molecule has 1 saturated heterocycles. The van der Waals surface area contributed by atoms with Crippen molar-refractivity contribution < 1.29 is 0 Å². The molecule has 0 radical (unpaired) electrons. The molecule has 0 unspecified atom stereocenters. The maximum Gasteiger partial charge on any atom is 0.0510 e. The van der Waals surface area contributed by atoms with Gasteiger partial charge < -0.3 is 10.2 Å². The van der Waals surface area contributed by atoms with Crippen molar-refractivity contribution >= 4 is 21.6 Å². The highest BCUT2D eigenvalue weighted by atomic mass is 79.9. The second kappa shape index (κ2) is 7.64. The van der Waals surface area contributed by atoms with Crippen LogP contribution in [0, 0.1) is 11.8 Å². The van der Waals surface area contributed by atoms with Gasteiger partial charge in [-0.25, -0.2) is 0 Å². The minimum Gasteiger partial charge on any atom is -0.371 e. The zero-order valence-corrected chi connectivity index (χ0v) is 15.4. The molecule has 1 aromatic rings. The Hall–Kier alpha value is -0.540. The van der Waals surface area contributed by atoms with E-state index in [-0.39, 0.29) is 0 Å². The van der Waals surface area contributed by atoms with E-state index < -0.39 is 0 Å². The SMILES string of the molecule is CC(C)NCc1ccc(N2CCC(C(C)C)CC2)c(Br)c1. The molecule has 1 aliphatic heterocycles. The zero-order valence-electron chi connectivity index (χ0n) is 13.8. The molecule has 1 aromatic carbocycles. The summed E-state index contributed by atoms with van der Waals surface area (Å²) in [5.41, 5.74) is 2.70. The lowest BCUT2D eigenvalue weighted by atomic mass is 9.86. The Morgan fingerprint density at radius 1 is 1.19 bits per heavy atom. The summed E-state index contributed by atoms with van der Waals surface area (Å²) in [6.07, 6.45) is 2.64. The Kier molecular flexibility index (Phi) is 6.12. The second-order valence-corrected chi connectivity index (χ2v) is 7.74. The van der Waals surface area contributed by atoms with Gasteiger partial charge >= 0.3 is 0 Å². The molecule has 0 spiro atoms. The number of halogens is 1. The third-order valence-electron chi connectivity index (χ3n) is 4.55. The number of nitrogens with zero attached hydrogens (tertiary/aromatic N) is 1. The summed E-state index contributed by atoms with van der Waals surface area (Å²) in [5, 5.41) is 3.47. The fourth-order valence-corrected chi connectivity index (χ4v) is 3.72. The van der Waals surface area contributed by atoms with Crippen LogP contribution in [0.1, 0.15) is 46.1 Å². The average Bonchev–Trinajstić information content (AvgIpc) is 2.45. The van der Waals surface area contributed by atoms with Crippen LogP contribution in [-0.4, -0.2) is 19.1 Å². The lowest BCUT2D eigenvalue weighted by Gasteiger charge is -2.36. The fourth-order valence-electron chi connectivity index (χ4n) is 3.05. The van der Waals surface area contributed by atoms with E-state index in [0.717, 1.165) is 18.4 Å². The van der Waals surface area contributed by atoms with Gasteiger partial charge in [0.1, 0.15) is 0 Å². The average molecular weight is 353 g/mol. The summed E-state index contributed by atoms with van der Waals surface area (Å²) in [4.78, 5) is 2.53. The molecule has 2 nitrogen and oxygen atoms in total. The van der Waals surface area contributed by atoms with E-state index in [0.29, 0.717) is 6.04 Å². The lowest BCUT2D eigenvalue weighted by molar-refractivity contribution is 0.311. The van der Waals surface area contributed by atoms with Gasteiger partial charge in [-0.05, 0) is 58.3 Å². The van der Waals surface area contributed by atoms with Gasteiger partial charge in [-0.3, -0.25) is 0 Å². The molecule has 0 aliphatic carbocycles. The summed E-state index contributed by atoms with van der Waals surface area (Å²) in [6.45, 7) is 12.4. The van der Waals surface area contributed by atoms with Crippen LogP contribution >= 0.6 is 15.9 Å². The van der Waals surface area contributed by atoms with Crippen LogP contribution < -0.4 is 10.2 Å². The van der Waals surface area contributed by atoms with Gasteiger partial charge in [0.2, 0.25) is 0 Å². The molecule has 2 rings (SSSR count). The summed E-state index contributed by atoms with van der Waals surface area (Å²) < 4.78 is 1.23. The molecule has 1 heterocycles. The topological polar surface area (TPSA) is 15.3 Å². The first-order valence-electron chi connectivity index (χ1n) is 8.24. The summed E-state index contributed by atoms with van der Waals surface area (Å²) in [7, 11) is 0. The molecule has 21 heavy (non-hydrogen) atoms. The predicted octanol–water partition coefficient (Wildman–Crippen LogP) is 4.82. The molecular formula is C18H29BrN2. The largest absolute Gasteiger partial charge is 0.371 e. The monoisotopic (exact) mass is 352 g/mol. The first kappa shape index (κ1) is 16.8. The minimum atomic E-state index is 0.526. The summed E-state index contributed by atoms with van der Waals surface area (Å²) in [5.74, 6) is 1.72. The van der Waals surface area contributed by atoms with Crippen LogP contribution in [0.5, 0.6) is 0 Å². The van der Waals surface area contributed by atoms with Crippen LogP contribution in [-0.2, 0) is 6.54 Å². The highest BCUT2D eigenvalue weighted by Crippen LogP contribution is 2.32. The van der Waals surface area contributed by atoms with E-state index in [9.17, 15) is 0 Å². The number of piperidine rings is 1. The van der Waals surface area contributed by atoms with E-state index >= 15 is 0 Å². The van der Waals surface area contributed by atoms with Crippen LogP contribution in [0.2, 0.25) is 0 Å². The molecule has 1 fully saturated rings. The van der Waals surface area contributed by atoms with Crippen LogP contribution in [0.3, 0.4) is 0 Å². The number of hydrogen-bond acceptors (Lipinski definition) is 2. The normalized spacial score (nSPS) is 17.0. The van der Waals surface area contributed by atoms with E-state index in [1.165, 1.54) is 41.7 Å². The Morgan fingerprint density at radius 3 is 2.38 bits per heavy atom. The maximum atomic E-state index is 3.76. The van der Waals surface area contributed by atoms with Crippen molar-refractivity contribution in [1.82, 2.24) is 5.32 Å². The Labute approximate surface area is 138 Å². The van der Waals surface area contributed by atoms with Crippen molar-refractivity contribution in [1.29, 1.82) is 0 Å². The number of rotatable bonds is 5. The zero-order chi connectivity index (χ0) is 15.4. The van der Waals surface area contributed by atoms with E-state index in [2.05, 4.69) is 72.0 Å². The van der Waals surface area contributed by atoms with E-state index in [1.54, 1.807) is 0 Å². The minimum absolute atomic E-state index is 0.526. The lowest BCUT2D eigenvalue weighted by Crippen LogP contribution is -2.35. The third kappa shape index (κ3) is 4.72. The highest BCUT2D eigenvalue weighted by Gasteiger charge is 2.22. The quantitative estimate of drug-likeness (QED) is 0.816. The molecule has 3 heteroatoms. The summed E-state index contributed by atoms with van der Waals surface area (Å²) in [6, 6.07) is 7.32. The first-order valence-corrected chi connectivity index (χ1v) is 9.03. The van der Waals surface area contributed by atoms with Crippen LogP contribution in [0.15, 0.2) is 22.7 Å². The Balaban J connectivity index is 1.98. The third-order valence-corrected chi connectivity index (χ3v) is 5.18. The van der Waals surface area contributed by atoms with Crippen LogP contribution in [0.4, 0.5) is 5.69 Å². The van der Waals surface area contributed by atoms with Gasteiger partial charge in [0.05, 0.1) is 5.69 Å². The second-order valence-electron chi connectivity index (χ2n) is 6.89. The van der Waals surface area contributed by atoms with Gasteiger partial charge in [0, 0.05) is 30.1 Å². The molecule has 0 bridgehead atoms. The smallest absolute Gasteiger partial charge is 0.0510 e. The fraction of sp³-hybridized carbons (Fsp3) is 0.667. The van der Waals surface area contributed by atoms with Crippen molar-refractivity contribution in [3.05, 3.63) is 28.2 Å². The van der Waals surface area contributed by atoms with E-state index in [1.807, 2.05) is 0 Å². The standard InChI is InChI=1S/C18H29BrN2/c1-13(2)16-7-9-21(10-8-16)18-6-5-15(11-17(18)19)12-20-14(3)4/h5-6,11,13-14,16,20H,7-10,12H2,1-4H3. The molecule has 0 saturated carbocycles. The number of anilines is 1. The van der Waals surface area contributed by atoms with Crippen LogP contribution in [0.25, 0.3) is 0 Å².